The summed E-state index contributed by atoms with van der Waals surface area (Å²) in [6.45, 7) is 7.87. The predicted octanol–water partition coefficient (Wildman–Crippen LogP) is 4.07. The first-order chi connectivity index (χ1) is 11.7. The summed E-state index contributed by atoms with van der Waals surface area (Å²) in [5.74, 6) is 0.846. The molecule has 0 saturated heterocycles. The van der Waals surface area contributed by atoms with E-state index in [-0.39, 0.29) is 30.0 Å². The molecular formula is C19H28IN5. The van der Waals surface area contributed by atoms with Crippen molar-refractivity contribution < 1.29 is 0 Å². The van der Waals surface area contributed by atoms with Crippen LogP contribution in [0.5, 0.6) is 0 Å². The average Bonchev–Trinajstić information content (AvgIpc) is 3.13. The number of guanidine groups is 1. The molecule has 1 unspecified atom stereocenters. The second kappa shape index (κ2) is 11.7. The summed E-state index contributed by atoms with van der Waals surface area (Å²) in [6, 6.07) is 10.5. The summed E-state index contributed by atoms with van der Waals surface area (Å²) in [5, 5.41) is 11.1. The van der Waals surface area contributed by atoms with Gasteiger partial charge in [0.15, 0.2) is 5.96 Å². The summed E-state index contributed by atoms with van der Waals surface area (Å²) < 4.78 is 1.87. The minimum Gasteiger partial charge on any atom is -0.357 e. The van der Waals surface area contributed by atoms with Gasteiger partial charge < -0.3 is 10.6 Å². The van der Waals surface area contributed by atoms with Crippen LogP contribution in [0.3, 0.4) is 0 Å². The molecule has 2 rings (SSSR count). The quantitative estimate of drug-likeness (QED) is 0.219. The van der Waals surface area contributed by atoms with Gasteiger partial charge in [0, 0.05) is 25.5 Å². The molecule has 0 amide bonds. The Kier molecular flexibility index (Phi) is 9.91. The average molecular weight is 453 g/mol. The number of benzene rings is 1. The molecule has 0 radical (unpaired) electrons. The van der Waals surface area contributed by atoms with Gasteiger partial charge in [-0.3, -0.25) is 4.99 Å². The van der Waals surface area contributed by atoms with E-state index in [1.54, 1.807) is 6.20 Å². The maximum Gasteiger partial charge on any atom is 0.191 e. The molecule has 1 aromatic heterocycles. The fourth-order valence-electron chi connectivity index (χ4n) is 2.38. The van der Waals surface area contributed by atoms with Crippen molar-refractivity contribution >= 4 is 29.9 Å². The minimum absolute atomic E-state index is 0. The molecule has 136 valence electrons. The Morgan fingerprint density at radius 3 is 2.88 bits per heavy atom. The van der Waals surface area contributed by atoms with Crippen molar-refractivity contribution in [3.63, 3.8) is 0 Å². The van der Waals surface area contributed by atoms with E-state index < -0.39 is 0 Å². The van der Waals surface area contributed by atoms with Crippen LogP contribution < -0.4 is 10.6 Å². The Morgan fingerprint density at radius 2 is 2.20 bits per heavy atom. The van der Waals surface area contributed by atoms with E-state index in [2.05, 4.69) is 71.0 Å². The van der Waals surface area contributed by atoms with Crippen LogP contribution in [0.2, 0.25) is 0 Å². The number of nitrogens with one attached hydrogen (secondary N) is 2. The molecule has 0 fully saturated rings. The van der Waals surface area contributed by atoms with Crippen LogP contribution in [0, 0.1) is 0 Å². The molecule has 0 saturated carbocycles. The molecule has 0 bridgehead atoms. The predicted molar refractivity (Wildman–Crippen MR) is 116 cm³/mol. The lowest BCUT2D eigenvalue weighted by atomic mass is 10.1. The van der Waals surface area contributed by atoms with Crippen LogP contribution in [0.15, 0.2) is 59.9 Å². The summed E-state index contributed by atoms with van der Waals surface area (Å²) in [5.41, 5.74) is 2.25. The zero-order chi connectivity index (χ0) is 17.2. The van der Waals surface area contributed by atoms with Crippen LogP contribution in [0.25, 0.3) is 5.69 Å². The number of halogens is 1. The van der Waals surface area contributed by atoms with E-state index in [9.17, 15) is 0 Å². The Morgan fingerprint density at radius 1 is 1.36 bits per heavy atom. The zero-order valence-corrected chi connectivity index (χ0v) is 17.5. The largest absolute Gasteiger partial charge is 0.357 e. The summed E-state index contributed by atoms with van der Waals surface area (Å²) in [4.78, 5) is 4.61. The fourth-order valence-corrected chi connectivity index (χ4v) is 2.38. The fraction of sp³-hybridized carbons (Fsp3) is 0.368. The molecule has 1 aromatic carbocycles. The van der Waals surface area contributed by atoms with Gasteiger partial charge in [-0.05, 0) is 51.0 Å². The van der Waals surface area contributed by atoms with Crippen molar-refractivity contribution in [3.05, 3.63) is 60.4 Å². The summed E-state index contributed by atoms with van der Waals surface area (Å²) in [7, 11) is 0. The first-order valence-corrected chi connectivity index (χ1v) is 8.50. The van der Waals surface area contributed by atoms with E-state index in [4.69, 9.17) is 0 Å². The van der Waals surface area contributed by atoms with Crippen LogP contribution in [-0.4, -0.2) is 28.8 Å². The highest BCUT2D eigenvalue weighted by Crippen LogP contribution is 2.16. The third-order valence-electron chi connectivity index (χ3n) is 3.64. The van der Waals surface area contributed by atoms with E-state index in [0.717, 1.165) is 31.2 Å². The molecule has 0 spiro atoms. The molecular weight excluding hydrogens is 425 g/mol. The molecule has 6 heteroatoms. The van der Waals surface area contributed by atoms with Crippen LogP contribution in [0.1, 0.15) is 38.8 Å². The third-order valence-corrected chi connectivity index (χ3v) is 3.64. The van der Waals surface area contributed by atoms with E-state index >= 15 is 0 Å². The Balaban J connectivity index is 0.00000312. The lowest BCUT2D eigenvalue weighted by molar-refractivity contribution is 0.685. The van der Waals surface area contributed by atoms with Gasteiger partial charge in [0.05, 0.1) is 11.7 Å². The van der Waals surface area contributed by atoms with Crippen molar-refractivity contribution in [2.75, 3.05) is 13.1 Å². The molecule has 25 heavy (non-hydrogen) atoms. The highest BCUT2D eigenvalue weighted by Gasteiger charge is 2.09. The number of aliphatic imine (C=N–C) groups is 1. The van der Waals surface area contributed by atoms with Gasteiger partial charge in [-0.25, -0.2) is 4.68 Å². The van der Waals surface area contributed by atoms with Gasteiger partial charge in [-0.2, -0.15) is 5.10 Å². The lowest BCUT2D eigenvalue weighted by Crippen LogP contribution is -2.38. The van der Waals surface area contributed by atoms with Gasteiger partial charge in [-0.1, -0.05) is 24.3 Å². The Labute approximate surface area is 167 Å². The van der Waals surface area contributed by atoms with E-state index in [1.165, 1.54) is 5.56 Å². The van der Waals surface area contributed by atoms with Gasteiger partial charge in [0.1, 0.15) is 0 Å². The first kappa shape index (κ1) is 21.2. The first-order valence-electron chi connectivity index (χ1n) is 8.50. The van der Waals surface area contributed by atoms with Crippen molar-refractivity contribution in [2.45, 2.75) is 33.2 Å². The maximum atomic E-state index is 4.61. The van der Waals surface area contributed by atoms with Gasteiger partial charge in [0.25, 0.3) is 0 Å². The van der Waals surface area contributed by atoms with Gasteiger partial charge in [0.2, 0.25) is 0 Å². The van der Waals surface area contributed by atoms with Crippen molar-refractivity contribution in [2.24, 2.45) is 4.99 Å². The van der Waals surface area contributed by atoms with Gasteiger partial charge >= 0.3 is 0 Å². The van der Waals surface area contributed by atoms with Crippen LogP contribution in [0.4, 0.5) is 0 Å². The van der Waals surface area contributed by atoms with Crippen LogP contribution in [-0.2, 0) is 0 Å². The number of hydrogen-bond donors (Lipinski definition) is 2. The maximum absolute atomic E-state index is 4.61. The Hall–Kier alpha value is -1.83. The second-order valence-electron chi connectivity index (χ2n) is 5.53. The van der Waals surface area contributed by atoms with Crippen molar-refractivity contribution in [1.29, 1.82) is 0 Å². The van der Waals surface area contributed by atoms with Gasteiger partial charge in [-0.15, -0.1) is 24.0 Å². The normalized spacial score (nSPS) is 12.7. The molecule has 0 aliphatic heterocycles. The molecule has 5 nitrogen and oxygen atoms in total. The zero-order valence-electron chi connectivity index (χ0n) is 15.1. The highest BCUT2D eigenvalue weighted by atomic mass is 127. The summed E-state index contributed by atoms with van der Waals surface area (Å²) >= 11 is 0. The smallest absolute Gasteiger partial charge is 0.191 e. The summed E-state index contributed by atoms with van der Waals surface area (Å²) in [6.07, 6.45) is 8.87. The molecule has 2 aromatic rings. The van der Waals surface area contributed by atoms with Crippen LogP contribution >= 0.6 is 24.0 Å². The van der Waals surface area contributed by atoms with Crippen molar-refractivity contribution in [1.82, 2.24) is 20.4 Å². The van der Waals surface area contributed by atoms with Crippen molar-refractivity contribution in [3.8, 4) is 5.69 Å². The van der Waals surface area contributed by atoms with E-state index in [1.807, 2.05) is 23.9 Å². The SMILES string of the molecule is C/C=C/CCN=C(NCC)NC(C)c1cccc(-n2cccn2)c1.I. The standard InChI is InChI=1S/C19H27N5.HI/c1-4-6-7-12-21-19(20-5-2)23-16(3)17-10-8-11-18(15-17)24-14-9-13-22-24;/h4,6,8-11,13-16H,5,7,12H2,1-3H3,(H2,20,21,23);1H/b6-4+;. The number of hydrogen-bond acceptors (Lipinski definition) is 2. The monoisotopic (exact) mass is 453 g/mol. The molecule has 1 heterocycles. The third kappa shape index (κ3) is 6.89. The Bertz CT molecular complexity index is 664. The minimum atomic E-state index is 0. The number of aromatic nitrogens is 2. The number of nitrogens with zero attached hydrogens (tertiary/aromatic N) is 3. The number of rotatable bonds is 7. The molecule has 2 N–H and O–H groups in total. The topological polar surface area (TPSA) is 54.2 Å². The highest BCUT2D eigenvalue weighted by molar-refractivity contribution is 14.0. The second-order valence-corrected chi connectivity index (χ2v) is 5.53. The molecule has 0 aliphatic carbocycles. The number of allylic oxidation sites excluding steroid dienone is 1. The molecule has 1 atom stereocenters. The lowest BCUT2D eigenvalue weighted by Gasteiger charge is -2.19. The molecule has 0 aliphatic rings. The van der Waals surface area contributed by atoms with E-state index in [0.29, 0.717) is 0 Å².